The van der Waals surface area contributed by atoms with Crippen molar-refractivity contribution in [3.63, 3.8) is 0 Å². The van der Waals surface area contributed by atoms with Crippen molar-refractivity contribution in [2.75, 3.05) is 5.32 Å². The number of aryl methyl sites for hydroxylation is 1. The van der Waals surface area contributed by atoms with E-state index in [1.807, 2.05) is 0 Å². The number of sulfonamides is 1. The number of nitrogens with zero attached hydrogens (tertiary/aromatic N) is 1. The molecule has 0 aliphatic carbocycles. The number of benzene rings is 2. The third-order valence-corrected chi connectivity index (χ3v) is 4.26. The Labute approximate surface area is 138 Å². The van der Waals surface area contributed by atoms with Gasteiger partial charge in [0.25, 0.3) is 5.69 Å². The van der Waals surface area contributed by atoms with Gasteiger partial charge in [0.2, 0.25) is 15.9 Å². The standard InChI is InChI=1S/C15H15N3O5S/c1-10-6-7-12(24(16,22)23)9-13(10)17-15(19)8-11-4-2-3-5-14(11)18(20)21/h2-7,9H,8H2,1H3,(H,17,19)(H2,16,22,23). The summed E-state index contributed by atoms with van der Waals surface area (Å²) in [5.41, 5.74) is 1.03. The molecule has 0 fully saturated rings. The van der Waals surface area contributed by atoms with E-state index in [9.17, 15) is 23.3 Å². The molecule has 2 aromatic carbocycles. The van der Waals surface area contributed by atoms with E-state index in [0.717, 1.165) is 0 Å². The van der Waals surface area contributed by atoms with Crippen LogP contribution in [0.3, 0.4) is 0 Å². The van der Waals surface area contributed by atoms with Crippen LogP contribution in [0.15, 0.2) is 47.4 Å². The quantitative estimate of drug-likeness (QED) is 0.626. The Morgan fingerprint density at radius 2 is 1.92 bits per heavy atom. The fraction of sp³-hybridized carbons (Fsp3) is 0.133. The summed E-state index contributed by atoms with van der Waals surface area (Å²) in [5, 5.41) is 18.6. The second kappa shape index (κ2) is 6.77. The van der Waals surface area contributed by atoms with E-state index >= 15 is 0 Å². The third-order valence-electron chi connectivity index (χ3n) is 3.35. The van der Waals surface area contributed by atoms with E-state index in [4.69, 9.17) is 5.14 Å². The van der Waals surface area contributed by atoms with Gasteiger partial charge in [-0.2, -0.15) is 0 Å². The molecule has 2 rings (SSSR count). The maximum atomic E-state index is 12.2. The molecule has 0 saturated carbocycles. The summed E-state index contributed by atoms with van der Waals surface area (Å²) in [6.45, 7) is 1.69. The minimum atomic E-state index is -3.90. The molecule has 0 saturated heterocycles. The third kappa shape index (κ3) is 4.15. The number of amides is 1. The highest BCUT2D eigenvalue weighted by Gasteiger charge is 2.17. The lowest BCUT2D eigenvalue weighted by molar-refractivity contribution is -0.385. The topological polar surface area (TPSA) is 132 Å². The van der Waals surface area contributed by atoms with Gasteiger partial charge in [-0.25, -0.2) is 13.6 Å². The average Bonchev–Trinajstić information content (AvgIpc) is 2.48. The lowest BCUT2D eigenvalue weighted by Crippen LogP contribution is -2.17. The van der Waals surface area contributed by atoms with Crippen LogP contribution in [-0.4, -0.2) is 19.2 Å². The molecule has 24 heavy (non-hydrogen) atoms. The molecule has 0 heterocycles. The predicted molar refractivity (Wildman–Crippen MR) is 88.0 cm³/mol. The van der Waals surface area contributed by atoms with Crippen LogP contribution in [-0.2, 0) is 21.2 Å². The molecule has 126 valence electrons. The Hall–Kier alpha value is -2.78. The molecule has 0 spiro atoms. The van der Waals surface area contributed by atoms with Gasteiger partial charge in [-0.15, -0.1) is 0 Å². The van der Waals surface area contributed by atoms with E-state index in [0.29, 0.717) is 5.56 Å². The summed E-state index contributed by atoms with van der Waals surface area (Å²) in [6, 6.07) is 10.0. The van der Waals surface area contributed by atoms with Gasteiger partial charge in [-0.1, -0.05) is 24.3 Å². The maximum absolute atomic E-state index is 12.2. The summed E-state index contributed by atoms with van der Waals surface area (Å²) in [4.78, 5) is 22.4. The fourth-order valence-corrected chi connectivity index (χ4v) is 2.66. The van der Waals surface area contributed by atoms with Crippen LogP contribution in [0, 0.1) is 17.0 Å². The number of nitro groups is 1. The molecule has 0 bridgehead atoms. The molecule has 0 aromatic heterocycles. The number of carbonyl (C=O) groups excluding carboxylic acids is 1. The Kier molecular flexibility index (Phi) is 4.96. The zero-order valence-electron chi connectivity index (χ0n) is 12.7. The molecule has 0 atom stereocenters. The van der Waals surface area contributed by atoms with Crippen LogP contribution in [0.4, 0.5) is 11.4 Å². The number of para-hydroxylation sites is 1. The molecule has 0 aliphatic heterocycles. The van der Waals surface area contributed by atoms with Crippen molar-refractivity contribution in [1.29, 1.82) is 0 Å². The van der Waals surface area contributed by atoms with Crippen LogP contribution in [0.25, 0.3) is 0 Å². The van der Waals surface area contributed by atoms with Crippen LogP contribution in [0.5, 0.6) is 0 Å². The van der Waals surface area contributed by atoms with Crippen molar-refractivity contribution in [1.82, 2.24) is 0 Å². The number of nitro benzene ring substituents is 1. The molecular weight excluding hydrogens is 334 g/mol. The first kappa shape index (κ1) is 17.6. The lowest BCUT2D eigenvalue weighted by atomic mass is 10.1. The van der Waals surface area contributed by atoms with Crippen molar-refractivity contribution in [2.24, 2.45) is 5.14 Å². The SMILES string of the molecule is Cc1ccc(S(N)(=O)=O)cc1NC(=O)Cc1ccccc1[N+](=O)[O-]. The monoisotopic (exact) mass is 349 g/mol. The van der Waals surface area contributed by atoms with Gasteiger partial charge < -0.3 is 5.32 Å². The number of hydrogen-bond donors (Lipinski definition) is 2. The number of anilines is 1. The van der Waals surface area contributed by atoms with Crippen LogP contribution >= 0.6 is 0 Å². The number of carbonyl (C=O) groups is 1. The summed E-state index contributed by atoms with van der Waals surface area (Å²) < 4.78 is 22.8. The van der Waals surface area contributed by atoms with Gasteiger partial charge in [0.1, 0.15) is 0 Å². The van der Waals surface area contributed by atoms with E-state index in [1.54, 1.807) is 13.0 Å². The highest BCUT2D eigenvalue weighted by Crippen LogP contribution is 2.21. The maximum Gasteiger partial charge on any atom is 0.273 e. The number of nitrogens with two attached hydrogens (primary N) is 1. The zero-order valence-corrected chi connectivity index (χ0v) is 13.5. The second-order valence-electron chi connectivity index (χ2n) is 5.13. The minimum Gasteiger partial charge on any atom is -0.326 e. The van der Waals surface area contributed by atoms with Gasteiger partial charge in [0.15, 0.2) is 0 Å². The van der Waals surface area contributed by atoms with Crippen molar-refractivity contribution >= 4 is 27.3 Å². The van der Waals surface area contributed by atoms with Crippen LogP contribution in [0.2, 0.25) is 0 Å². The first-order chi connectivity index (χ1) is 11.2. The average molecular weight is 349 g/mol. The molecule has 2 aromatic rings. The van der Waals surface area contributed by atoms with Gasteiger partial charge >= 0.3 is 0 Å². The Balaban J connectivity index is 2.24. The number of hydrogen-bond acceptors (Lipinski definition) is 5. The van der Waals surface area contributed by atoms with Gasteiger partial charge in [-0.05, 0) is 24.6 Å². The van der Waals surface area contributed by atoms with Crippen LogP contribution < -0.4 is 10.5 Å². The van der Waals surface area contributed by atoms with Crippen molar-refractivity contribution < 1.29 is 18.1 Å². The van der Waals surface area contributed by atoms with Crippen molar-refractivity contribution in [3.05, 3.63) is 63.7 Å². The molecule has 0 unspecified atom stereocenters. The molecule has 3 N–H and O–H groups in total. The Bertz CT molecular complexity index is 909. The summed E-state index contributed by atoms with van der Waals surface area (Å²) >= 11 is 0. The first-order valence-electron chi connectivity index (χ1n) is 6.84. The van der Waals surface area contributed by atoms with Gasteiger partial charge in [0, 0.05) is 17.3 Å². The summed E-state index contributed by atoms with van der Waals surface area (Å²) in [5.74, 6) is -0.501. The molecule has 1 amide bonds. The highest BCUT2D eigenvalue weighted by atomic mass is 32.2. The lowest BCUT2D eigenvalue weighted by Gasteiger charge is -2.10. The van der Waals surface area contributed by atoms with E-state index in [1.165, 1.54) is 36.4 Å². The Morgan fingerprint density at radius 3 is 2.54 bits per heavy atom. The summed E-state index contributed by atoms with van der Waals surface area (Å²) in [7, 11) is -3.90. The zero-order chi connectivity index (χ0) is 17.9. The molecule has 8 nitrogen and oxygen atoms in total. The van der Waals surface area contributed by atoms with Crippen LogP contribution in [0.1, 0.15) is 11.1 Å². The molecule has 9 heteroatoms. The summed E-state index contributed by atoms with van der Waals surface area (Å²) in [6.07, 6.45) is -0.212. The van der Waals surface area contributed by atoms with Gasteiger partial charge in [0.05, 0.1) is 16.2 Å². The smallest absolute Gasteiger partial charge is 0.273 e. The molecule has 0 aliphatic rings. The molecular formula is C15H15N3O5S. The first-order valence-corrected chi connectivity index (χ1v) is 8.38. The minimum absolute atomic E-state index is 0.130. The fourth-order valence-electron chi connectivity index (χ4n) is 2.12. The van der Waals surface area contributed by atoms with Gasteiger partial charge in [-0.3, -0.25) is 14.9 Å². The second-order valence-corrected chi connectivity index (χ2v) is 6.69. The normalized spacial score (nSPS) is 11.1. The predicted octanol–water partition coefficient (Wildman–Crippen LogP) is 1.73. The Morgan fingerprint density at radius 1 is 1.25 bits per heavy atom. The number of nitrogens with one attached hydrogen (secondary N) is 1. The highest BCUT2D eigenvalue weighted by molar-refractivity contribution is 7.89. The van der Waals surface area contributed by atoms with Crippen molar-refractivity contribution in [3.8, 4) is 0 Å². The van der Waals surface area contributed by atoms with E-state index in [2.05, 4.69) is 5.32 Å². The molecule has 0 radical (unpaired) electrons. The van der Waals surface area contributed by atoms with E-state index < -0.39 is 20.9 Å². The number of rotatable bonds is 5. The largest absolute Gasteiger partial charge is 0.326 e. The number of primary sulfonamides is 1. The van der Waals surface area contributed by atoms with E-state index in [-0.39, 0.29) is 28.3 Å². The van der Waals surface area contributed by atoms with Crippen molar-refractivity contribution in [2.45, 2.75) is 18.2 Å².